The molecule has 2 aliphatic rings. The molecule has 5 rings (SSSR count). The van der Waals surface area contributed by atoms with Crippen LogP contribution in [0, 0.1) is 0 Å². The molecule has 210 valence electrons. The van der Waals surface area contributed by atoms with Gasteiger partial charge in [-0.2, -0.15) is 13.2 Å². The molecule has 1 fully saturated rings. The topological polar surface area (TPSA) is 96.0 Å². The molecule has 0 aliphatic carbocycles. The van der Waals surface area contributed by atoms with E-state index >= 15 is 0 Å². The summed E-state index contributed by atoms with van der Waals surface area (Å²) in [6.45, 7) is 4.68. The van der Waals surface area contributed by atoms with Gasteiger partial charge in [0.05, 0.1) is 18.8 Å². The van der Waals surface area contributed by atoms with Crippen molar-refractivity contribution in [3.63, 3.8) is 0 Å². The van der Waals surface area contributed by atoms with Gasteiger partial charge in [-0.05, 0) is 54.4 Å². The van der Waals surface area contributed by atoms with Crippen molar-refractivity contribution >= 4 is 23.3 Å². The fraction of sp³-hybridized carbons (Fsp3) is 0.321. The van der Waals surface area contributed by atoms with Gasteiger partial charge in [-0.15, -0.1) is 0 Å². The van der Waals surface area contributed by atoms with Gasteiger partial charge >= 0.3 is 12.2 Å². The summed E-state index contributed by atoms with van der Waals surface area (Å²) < 4.78 is 50.3. The number of carbonyl (C=O) groups is 2. The van der Waals surface area contributed by atoms with Crippen LogP contribution in [-0.2, 0) is 17.3 Å². The van der Waals surface area contributed by atoms with Gasteiger partial charge in [-0.1, -0.05) is 6.07 Å². The largest absolute Gasteiger partial charge is 0.457 e. The maximum atomic E-state index is 13.0. The number of hydrogen-bond donors (Lipinski definition) is 2. The number of morpholine rings is 1. The number of pyridine rings is 1. The van der Waals surface area contributed by atoms with Crippen LogP contribution in [0.5, 0.6) is 11.5 Å². The molecule has 2 aliphatic heterocycles. The van der Waals surface area contributed by atoms with E-state index in [1.807, 2.05) is 0 Å². The molecule has 0 bridgehead atoms. The number of rotatable bonds is 7. The van der Waals surface area contributed by atoms with Crippen LogP contribution in [0.15, 0.2) is 60.8 Å². The molecule has 40 heavy (non-hydrogen) atoms. The van der Waals surface area contributed by atoms with Gasteiger partial charge in [-0.3, -0.25) is 19.6 Å². The summed E-state index contributed by atoms with van der Waals surface area (Å²) in [6, 6.07) is 12.4. The summed E-state index contributed by atoms with van der Waals surface area (Å²) in [5, 5.41) is 5.42. The van der Waals surface area contributed by atoms with E-state index in [-0.39, 0.29) is 17.3 Å². The normalized spacial score (nSPS) is 15.4. The van der Waals surface area contributed by atoms with Crippen LogP contribution in [0.25, 0.3) is 0 Å². The zero-order valence-corrected chi connectivity index (χ0v) is 21.5. The van der Waals surface area contributed by atoms with Crippen LogP contribution in [-0.4, -0.2) is 67.8 Å². The third kappa shape index (κ3) is 6.69. The molecule has 9 nitrogen and oxygen atoms in total. The Kier molecular flexibility index (Phi) is 8.17. The number of hydrogen-bond acceptors (Lipinski definition) is 6. The second kappa shape index (κ2) is 11.9. The number of anilines is 2. The number of urea groups is 1. The third-order valence-electron chi connectivity index (χ3n) is 6.65. The lowest BCUT2D eigenvalue weighted by Crippen LogP contribution is -2.41. The molecular formula is C28H28F3N5O4. The van der Waals surface area contributed by atoms with Crippen LogP contribution in [0.2, 0.25) is 0 Å². The highest BCUT2D eigenvalue weighted by molar-refractivity contribution is 6.03. The number of nitrogens with zero attached hydrogens (tertiary/aromatic N) is 3. The van der Waals surface area contributed by atoms with Crippen LogP contribution in [0.1, 0.15) is 21.6 Å². The average molecular weight is 556 g/mol. The second-order valence-electron chi connectivity index (χ2n) is 9.39. The predicted molar refractivity (Wildman–Crippen MR) is 142 cm³/mol. The van der Waals surface area contributed by atoms with E-state index in [1.54, 1.807) is 30.3 Å². The van der Waals surface area contributed by atoms with E-state index < -0.39 is 17.8 Å². The number of fused-ring (bicyclic) bond motifs is 1. The first-order valence-corrected chi connectivity index (χ1v) is 12.9. The van der Waals surface area contributed by atoms with Crippen molar-refractivity contribution in [3.05, 3.63) is 77.6 Å². The lowest BCUT2D eigenvalue weighted by molar-refractivity contribution is -0.137. The van der Waals surface area contributed by atoms with Gasteiger partial charge in [0.15, 0.2) is 0 Å². The molecule has 3 heterocycles. The minimum Gasteiger partial charge on any atom is -0.457 e. The van der Waals surface area contributed by atoms with Crippen molar-refractivity contribution in [2.75, 3.05) is 56.2 Å². The Hall–Kier alpha value is -4.16. The summed E-state index contributed by atoms with van der Waals surface area (Å²) in [7, 11) is 0. The van der Waals surface area contributed by atoms with Crippen LogP contribution < -0.4 is 20.3 Å². The van der Waals surface area contributed by atoms with Gasteiger partial charge in [0.2, 0.25) is 0 Å². The number of carbonyl (C=O) groups excluding carboxylic acids is 2. The van der Waals surface area contributed by atoms with Gasteiger partial charge < -0.3 is 20.1 Å². The quantitative estimate of drug-likeness (QED) is 0.444. The van der Waals surface area contributed by atoms with Gasteiger partial charge in [0, 0.05) is 56.4 Å². The first kappa shape index (κ1) is 27.4. The number of halogens is 3. The molecule has 3 aromatic rings. The average Bonchev–Trinajstić information content (AvgIpc) is 3.37. The Morgan fingerprint density at radius 3 is 2.60 bits per heavy atom. The van der Waals surface area contributed by atoms with Crippen LogP contribution in [0.4, 0.5) is 29.3 Å². The van der Waals surface area contributed by atoms with Gasteiger partial charge in [0.1, 0.15) is 17.2 Å². The summed E-state index contributed by atoms with van der Waals surface area (Å²) in [5.41, 5.74) is 0.960. The molecule has 0 atom stereocenters. The molecular weight excluding hydrogens is 527 g/mol. The number of ether oxygens (including phenoxy) is 2. The van der Waals surface area contributed by atoms with Crippen molar-refractivity contribution in [2.45, 2.75) is 12.6 Å². The van der Waals surface area contributed by atoms with Crippen LogP contribution >= 0.6 is 0 Å². The van der Waals surface area contributed by atoms with Crippen molar-refractivity contribution < 1.29 is 32.2 Å². The number of nitrogens with one attached hydrogen (secondary N) is 2. The maximum absolute atomic E-state index is 13.0. The first-order chi connectivity index (χ1) is 19.3. The fourth-order valence-electron chi connectivity index (χ4n) is 4.59. The van der Waals surface area contributed by atoms with E-state index in [4.69, 9.17) is 9.47 Å². The molecule has 1 saturated heterocycles. The lowest BCUT2D eigenvalue weighted by atomic mass is 10.1. The predicted octanol–water partition coefficient (Wildman–Crippen LogP) is 4.55. The van der Waals surface area contributed by atoms with Crippen LogP contribution in [0.3, 0.4) is 0 Å². The highest BCUT2D eigenvalue weighted by atomic mass is 19.4. The van der Waals surface area contributed by atoms with Gasteiger partial charge in [-0.25, -0.2) is 4.79 Å². The molecule has 0 radical (unpaired) electrons. The number of amides is 3. The number of aromatic nitrogens is 1. The molecule has 3 amide bonds. The number of alkyl halides is 3. The smallest absolute Gasteiger partial charge is 0.416 e. The van der Waals surface area contributed by atoms with E-state index in [0.29, 0.717) is 49.9 Å². The van der Waals surface area contributed by atoms with Crippen molar-refractivity contribution in [3.8, 4) is 11.5 Å². The Balaban J connectivity index is 1.18. The number of benzene rings is 2. The molecule has 0 unspecified atom stereocenters. The zero-order valence-electron chi connectivity index (χ0n) is 21.5. The molecule has 1 aromatic heterocycles. The fourth-order valence-corrected chi connectivity index (χ4v) is 4.59. The highest BCUT2D eigenvalue weighted by Crippen LogP contribution is 2.34. The van der Waals surface area contributed by atoms with E-state index in [2.05, 4.69) is 20.5 Å². The second-order valence-corrected chi connectivity index (χ2v) is 9.39. The Morgan fingerprint density at radius 2 is 1.80 bits per heavy atom. The first-order valence-electron chi connectivity index (χ1n) is 12.9. The van der Waals surface area contributed by atoms with Crippen molar-refractivity contribution in [1.29, 1.82) is 0 Å². The monoisotopic (exact) mass is 555 g/mol. The lowest BCUT2D eigenvalue weighted by Gasteiger charge is -2.26. The molecule has 2 N–H and O–H groups in total. The van der Waals surface area contributed by atoms with Crippen molar-refractivity contribution in [1.82, 2.24) is 15.2 Å². The minimum atomic E-state index is -4.50. The summed E-state index contributed by atoms with van der Waals surface area (Å²) in [4.78, 5) is 33.2. The zero-order chi connectivity index (χ0) is 28.1. The van der Waals surface area contributed by atoms with E-state index in [9.17, 15) is 22.8 Å². The molecule has 2 aromatic carbocycles. The third-order valence-corrected chi connectivity index (χ3v) is 6.65. The maximum Gasteiger partial charge on any atom is 0.416 e. The standard InChI is InChI=1S/C28H28F3N5O4/c29-28(30,31)20-2-1-3-21(17-20)34-27(38)36-10-7-19-16-22(4-5-25(19)36)40-23-6-8-32-24(18-23)26(37)33-9-11-35-12-14-39-15-13-35/h1-6,8,16-18H,7,9-15H2,(H,33,37)(H,34,38). The Morgan fingerprint density at radius 1 is 1.00 bits per heavy atom. The minimum absolute atomic E-state index is 0.0619. The highest BCUT2D eigenvalue weighted by Gasteiger charge is 2.31. The summed E-state index contributed by atoms with van der Waals surface area (Å²) in [5.74, 6) is 0.657. The molecule has 0 spiro atoms. The van der Waals surface area contributed by atoms with Crippen molar-refractivity contribution in [2.24, 2.45) is 0 Å². The Labute approximate surface area is 228 Å². The SMILES string of the molecule is O=C(NCCN1CCOCC1)c1cc(Oc2ccc3c(c2)CCN3C(=O)Nc2cccc(C(F)(F)F)c2)ccn1. The summed E-state index contributed by atoms with van der Waals surface area (Å²) >= 11 is 0. The molecule has 12 heteroatoms. The van der Waals surface area contributed by atoms with E-state index in [0.717, 1.165) is 37.3 Å². The Bertz CT molecular complexity index is 1380. The summed E-state index contributed by atoms with van der Waals surface area (Å²) in [6.07, 6.45) is -2.45. The van der Waals surface area contributed by atoms with E-state index in [1.165, 1.54) is 23.2 Å². The van der Waals surface area contributed by atoms with Gasteiger partial charge in [0.25, 0.3) is 5.91 Å². The molecule has 0 saturated carbocycles.